The topological polar surface area (TPSA) is 230 Å². The fraction of sp³-hybridized carbons (Fsp3) is 0.640. The second-order valence-corrected chi connectivity index (χ2v) is 26.8. The van der Waals surface area contributed by atoms with Gasteiger partial charge in [-0.1, -0.05) is 224 Å². The Morgan fingerprint density at radius 3 is 0.949 bits per heavy atom. The van der Waals surface area contributed by atoms with Crippen molar-refractivity contribution < 1.29 is 71.9 Å². The number of unbranched alkanes of at least 4 members (excludes halogenated alkanes) is 3. The fourth-order valence-electron chi connectivity index (χ4n) is 12.6. The van der Waals surface area contributed by atoms with Crippen LogP contribution in [0.2, 0.25) is 15.1 Å². The van der Waals surface area contributed by atoms with E-state index in [2.05, 4.69) is 20.8 Å². The number of hydrogen-bond donors (Lipinski definition) is 1. The van der Waals surface area contributed by atoms with Gasteiger partial charge in [0, 0.05) is 72.2 Å². The van der Waals surface area contributed by atoms with E-state index in [0.29, 0.717) is 70.3 Å². The zero-order valence-corrected chi connectivity index (χ0v) is 61.6. The average molecular weight is 1480 g/mol. The Balaban J connectivity index is 0. The molecule has 3 saturated carbocycles. The molecule has 0 aromatic heterocycles. The molecule has 18 nitrogen and oxygen atoms in total. The Bertz CT molecular complexity index is 2820. The van der Waals surface area contributed by atoms with Crippen molar-refractivity contribution in [1.82, 2.24) is 14.7 Å². The molecule has 3 fully saturated rings. The summed E-state index contributed by atoms with van der Waals surface area (Å²) < 4.78 is 25.8. The van der Waals surface area contributed by atoms with Gasteiger partial charge >= 0.3 is 36.2 Å². The molecule has 1 N–H and O–H groups in total. The lowest BCUT2D eigenvalue weighted by Crippen LogP contribution is -2.54. The Morgan fingerprint density at radius 1 is 0.449 bits per heavy atom. The number of aliphatic carboxylic acids is 1. The van der Waals surface area contributed by atoms with Gasteiger partial charge in [0.05, 0.1) is 17.8 Å². The van der Waals surface area contributed by atoms with Crippen LogP contribution in [-0.4, -0.2) is 114 Å². The molecule has 3 aliphatic carbocycles. The van der Waals surface area contributed by atoms with Crippen LogP contribution < -0.4 is 0 Å². The number of ketones is 3. The highest BCUT2D eigenvalue weighted by atomic mass is 35.5. The Hall–Kier alpha value is -5.66. The molecule has 3 amide bonds. The number of benzene rings is 3. The summed E-state index contributed by atoms with van der Waals surface area (Å²) in [5.41, 5.74) is -1.60. The number of carbonyl (C=O) groups excluding carboxylic acids is 8. The zero-order valence-electron chi connectivity index (χ0n) is 57.8. The van der Waals surface area contributed by atoms with Gasteiger partial charge in [-0.25, -0.2) is 14.4 Å². The molecule has 6 atom stereocenters. The first-order chi connectivity index (χ1) is 44.6. The molecule has 3 aliphatic rings. The molecule has 0 heterocycles. The van der Waals surface area contributed by atoms with Crippen molar-refractivity contribution in [1.29, 1.82) is 0 Å². The first-order valence-electron chi connectivity index (χ1n) is 33.3. The number of rotatable bonds is 26. The first kappa shape index (κ1) is 94.4. The van der Waals surface area contributed by atoms with E-state index in [9.17, 15) is 43.2 Å². The number of carboxylic acids is 1. The maximum absolute atomic E-state index is 13.1. The number of esters is 2. The fourth-order valence-corrected chi connectivity index (χ4v) is 13.6. The number of likely N-dealkylation sites (N-methyl/N-ethyl adjacent to an activating group) is 3. The summed E-state index contributed by atoms with van der Waals surface area (Å²) in [4.78, 5) is 116. The summed E-state index contributed by atoms with van der Waals surface area (Å²) in [6.07, 6.45) is 13.6. The maximum Gasteiger partial charge on any atom is 0.413 e. The molecule has 0 spiro atoms. The lowest BCUT2D eigenvalue weighted by molar-refractivity contribution is -0.161. The summed E-state index contributed by atoms with van der Waals surface area (Å²) in [6.45, 7) is 17.1. The van der Waals surface area contributed by atoms with E-state index in [1.54, 1.807) is 73.8 Å². The SMILES string of the molecule is C.C.C.CCCC[C@H](C(=O)O)C(C)C.CCCC[C@H](C(=O)OCOC(=O)N(C)[C@]1(c2ccccc2Cl)CCCCC1=O)C(C)C.CCCC[C@H](C(=O)OCOC(=O)N(C)[C@]1(c2ccccc2Cl)CCCCC1=O)C(C)C.CN(C(=O)OCCl)[C@]1(c2ccccc2Cl)CCCCC1=O.Cl. The third-order valence-electron chi connectivity index (χ3n) is 18.3. The summed E-state index contributed by atoms with van der Waals surface area (Å²) in [6, 6.07) is 21.0. The lowest BCUT2D eigenvalue weighted by Gasteiger charge is -2.43. The van der Waals surface area contributed by atoms with E-state index in [1.807, 2.05) is 47.6 Å². The second-order valence-electron chi connectivity index (χ2n) is 25.4. The minimum absolute atomic E-state index is 0. The van der Waals surface area contributed by atoms with Crippen LogP contribution in [0.15, 0.2) is 72.8 Å². The van der Waals surface area contributed by atoms with Crippen LogP contribution in [0.25, 0.3) is 0 Å². The lowest BCUT2D eigenvalue weighted by atomic mass is 9.74. The van der Waals surface area contributed by atoms with Crippen LogP contribution in [0.4, 0.5) is 14.4 Å². The zero-order chi connectivity index (χ0) is 70.3. The van der Waals surface area contributed by atoms with Crippen LogP contribution >= 0.6 is 58.8 Å². The van der Waals surface area contributed by atoms with Crippen LogP contribution in [0.1, 0.15) is 236 Å². The van der Waals surface area contributed by atoms with Gasteiger partial charge in [0.1, 0.15) is 16.6 Å². The minimum atomic E-state index is -1.18. The van der Waals surface area contributed by atoms with Crippen molar-refractivity contribution in [2.24, 2.45) is 35.5 Å². The van der Waals surface area contributed by atoms with Crippen molar-refractivity contribution in [3.63, 3.8) is 0 Å². The summed E-state index contributed by atoms with van der Waals surface area (Å²) in [7, 11) is 4.63. The van der Waals surface area contributed by atoms with Crippen molar-refractivity contribution in [2.45, 2.75) is 236 Å². The molecule has 23 heteroatoms. The van der Waals surface area contributed by atoms with E-state index in [-0.39, 0.29) is 106 Å². The van der Waals surface area contributed by atoms with Crippen molar-refractivity contribution in [3.8, 4) is 0 Å². The molecule has 556 valence electrons. The van der Waals surface area contributed by atoms with Crippen LogP contribution in [0.3, 0.4) is 0 Å². The third-order valence-corrected chi connectivity index (χ3v) is 19.4. The second kappa shape index (κ2) is 47.5. The standard InChI is InChI=1S/2C24H34ClNO5.C15H17Cl2NO3.C9H18O2.3CH4.ClH/c2*1-5-6-11-18(17(2)3)22(28)30-16-31-23(29)26(4)24(15-10-9-14-21(24)27)19-12-7-8-13-20(19)25;1-18(14(20)21-10-16)15(9-5-4-8-13(15)19)11-6-2-3-7-12(11)17;1-4-5-6-8(7(2)3)9(10)11;;;;/h2*7-8,12-13,17-18H,5-6,9-11,14-16H2,1-4H3;2-3,6-7H,4-5,8-10H2,1H3;7-8H,4-6H2,1-3H3,(H,10,11);3*1H4;1H/t2*18-,24-;15-;8-;;;;/m0000..../s1. The number of hydrogen-bond acceptors (Lipinski definition) is 14. The molecule has 0 radical (unpaired) electrons. The van der Waals surface area contributed by atoms with Crippen molar-refractivity contribution >= 4 is 112 Å². The molecular formula is C75H116Cl5N3O15. The number of carbonyl (C=O) groups is 9. The average Bonchev–Trinajstić information content (AvgIpc) is 0.770. The highest BCUT2D eigenvalue weighted by Crippen LogP contribution is 2.45. The quantitative estimate of drug-likeness (QED) is 0.0341. The van der Waals surface area contributed by atoms with Gasteiger partial charge in [0.15, 0.2) is 23.4 Å². The number of nitrogens with zero attached hydrogens (tertiary/aromatic N) is 3. The predicted molar refractivity (Wildman–Crippen MR) is 394 cm³/mol. The van der Waals surface area contributed by atoms with E-state index >= 15 is 0 Å². The molecule has 0 unspecified atom stereocenters. The van der Waals surface area contributed by atoms with Gasteiger partial charge in [-0.3, -0.25) is 43.5 Å². The first-order valence-corrected chi connectivity index (χ1v) is 35.0. The number of alkyl halides is 1. The van der Waals surface area contributed by atoms with Gasteiger partial charge < -0.3 is 28.8 Å². The Morgan fingerprint density at radius 2 is 0.714 bits per heavy atom. The largest absolute Gasteiger partial charge is 0.481 e. The number of carboxylic acid groups (broad SMARTS) is 1. The van der Waals surface area contributed by atoms with Crippen molar-refractivity contribution in [3.05, 3.63) is 105 Å². The van der Waals surface area contributed by atoms with Gasteiger partial charge in [0.25, 0.3) is 0 Å². The highest BCUT2D eigenvalue weighted by molar-refractivity contribution is 6.32. The van der Waals surface area contributed by atoms with Gasteiger partial charge in [-0.05, 0) is 113 Å². The van der Waals surface area contributed by atoms with Crippen LogP contribution in [0, 0.1) is 35.5 Å². The summed E-state index contributed by atoms with van der Waals surface area (Å²) in [5.74, 6) is -1.59. The molecular weight excluding hydrogens is 1360 g/mol. The molecule has 3 aromatic carbocycles. The molecule has 0 saturated heterocycles. The van der Waals surface area contributed by atoms with Crippen LogP contribution in [0.5, 0.6) is 0 Å². The molecule has 6 rings (SSSR count). The normalized spacial score (nSPS) is 18.7. The summed E-state index contributed by atoms with van der Waals surface area (Å²) >= 11 is 24.6. The Kier molecular flexibility index (Phi) is 45.7. The van der Waals surface area contributed by atoms with E-state index in [4.69, 9.17) is 75.2 Å². The van der Waals surface area contributed by atoms with Gasteiger partial charge in [-0.2, -0.15) is 0 Å². The van der Waals surface area contributed by atoms with Crippen LogP contribution in [-0.2, 0) is 69.1 Å². The number of amides is 3. The van der Waals surface area contributed by atoms with E-state index in [0.717, 1.165) is 96.3 Å². The number of Topliss-reactive ketones (excluding diaryl/α,β-unsaturated/α-hetero) is 3. The van der Waals surface area contributed by atoms with Crippen molar-refractivity contribution in [2.75, 3.05) is 40.8 Å². The molecule has 98 heavy (non-hydrogen) atoms. The molecule has 3 aromatic rings. The predicted octanol–water partition coefficient (Wildman–Crippen LogP) is 20.2. The van der Waals surface area contributed by atoms with Gasteiger partial charge in [-0.15, -0.1) is 12.4 Å². The van der Waals surface area contributed by atoms with E-state index < -0.39 is 54.5 Å². The van der Waals surface area contributed by atoms with E-state index in [1.165, 1.54) is 28.8 Å². The maximum atomic E-state index is 13.1. The highest BCUT2D eigenvalue weighted by Gasteiger charge is 2.51. The molecule has 0 bridgehead atoms. The minimum Gasteiger partial charge on any atom is -0.481 e. The van der Waals surface area contributed by atoms with Gasteiger partial charge in [0.2, 0.25) is 13.6 Å². The number of halogens is 5. The smallest absolute Gasteiger partial charge is 0.413 e. The third kappa shape index (κ3) is 25.4. The monoisotopic (exact) mass is 1470 g/mol. The summed E-state index contributed by atoms with van der Waals surface area (Å²) in [5, 5.41) is 10.1. The number of ether oxygens (including phenoxy) is 5. The molecule has 0 aliphatic heterocycles. The Labute approximate surface area is 612 Å².